The highest BCUT2D eigenvalue weighted by atomic mass is 16.5. The maximum absolute atomic E-state index is 12.4. The zero-order valence-electron chi connectivity index (χ0n) is 16.8. The topological polar surface area (TPSA) is 59.4 Å². The minimum atomic E-state index is -0.128. The molecule has 6 heteroatoms. The molecule has 1 N–H and O–H groups in total. The Bertz CT molecular complexity index is 768. The van der Waals surface area contributed by atoms with Gasteiger partial charge in [-0.1, -0.05) is 45.0 Å². The van der Waals surface area contributed by atoms with Crippen LogP contribution in [0.5, 0.6) is 0 Å². The Morgan fingerprint density at radius 2 is 1.85 bits per heavy atom. The van der Waals surface area contributed by atoms with Crippen LogP contribution in [0, 0.1) is 0 Å². The van der Waals surface area contributed by atoms with Crippen molar-refractivity contribution in [1.82, 2.24) is 20.0 Å². The van der Waals surface area contributed by atoms with E-state index in [-0.39, 0.29) is 11.3 Å². The number of ether oxygens (including phenoxy) is 1. The lowest BCUT2D eigenvalue weighted by Gasteiger charge is -2.26. The predicted octanol–water partition coefficient (Wildman–Crippen LogP) is 2.45. The molecule has 1 fully saturated rings. The third-order valence-corrected chi connectivity index (χ3v) is 4.98. The second kappa shape index (κ2) is 8.23. The summed E-state index contributed by atoms with van der Waals surface area (Å²) in [6, 6.07) is 10.3. The molecule has 1 aromatic heterocycles. The predicted molar refractivity (Wildman–Crippen MR) is 107 cm³/mol. The second-order valence-electron chi connectivity index (χ2n) is 8.08. The van der Waals surface area contributed by atoms with Gasteiger partial charge in [-0.2, -0.15) is 5.10 Å². The molecule has 1 saturated heterocycles. The van der Waals surface area contributed by atoms with Crippen LogP contribution < -0.4 is 5.32 Å². The number of morpholine rings is 1. The highest BCUT2D eigenvalue weighted by Crippen LogP contribution is 2.26. The average molecular weight is 370 g/mol. The molecule has 0 saturated carbocycles. The first kappa shape index (κ1) is 19.6. The molecular weight excluding hydrogens is 340 g/mol. The molecular formula is C21H30N4O2. The largest absolute Gasteiger partial charge is 0.379 e. The number of nitrogens with zero attached hydrogens (tertiary/aromatic N) is 3. The first-order valence-corrected chi connectivity index (χ1v) is 9.58. The molecule has 27 heavy (non-hydrogen) atoms. The molecule has 1 amide bonds. The van der Waals surface area contributed by atoms with Crippen molar-refractivity contribution < 1.29 is 9.53 Å². The molecule has 6 nitrogen and oxygen atoms in total. The van der Waals surface area contributed by atoms with Crippen molar-refractivity contribution in [1.29, 1.82) is 0 Å². The van der Waals surface area contributed by atoms with Crippen molar-refractivity contribution in [3.63, 3.8) is 0 Å². The maximum Gasteiger partial charge on any atom is 0.271 e. The van der Waals surface area contributed by atoms with E-state index in [4.69, 9.17) is 4.74 Å². The van der Waals surface area contributed by atoms with Crippen molar-refractivity contribution in [3.8, 4) is 11.3 Å². The molecule has 0 atom stereocenters. The highest BCUT2D eigenvalue weighted by molar-refractivity contribution is 5.93. The Labute approximate surface area is 161 Å². The fourth-order valence-electron chi connectivity index (χ4n) is 3.23. The summed E-state index contributed by atoms with van der Waals surface area (Å²) in [6.45, 7) is 11.4. The SMILES string of the molecule is Cn1nc(C(=O)NCCN2CCOCC2)cc1-c1ccc(C(C)(C)C)cc1. The van der Waals surface area contributed by atoms with Crippen molar-refractivity contribution >= 4 is 5.91 Å². The molecule has 146 valence electrons. The summed E-state index contributed by atoms with van der Waals surface area (Å²) in [4.78, 5) is 14.7. The maximum atomic E-state index is 12.4. The van der Waals surface area contributed by atoms with Gasteiger partial charge in [0, 0.05) is 33.2 Å². The van der Waals surface area contributed by atoms with Gasteiger partial charge in [-0.05, 0) is 22.6 Å². The number of carbonyl (C=O) groups is 1. The summed E-state index contributed by atoms with van der Waals surface area (Å²) in [5.74, 6) is -0.128. The summed E-state index contributed by atoms with van der Waals surface area (Å²) in [7, 11) is 1.87. The van der Waals surface area contributed by atoms with Crippen LogP contribution in [0.25, 0.3) is 11.3 Å². The number of rotatable bonds is 5. The number of aryl methyl sites for hydroxylation is 1. The monoisotopic (exact) mass is 370 g/mol. The zero-order valence-corrected chi connectivity index (χ0v) is 16.8. The van der Waals surface area contributed by atoms with E-state index in [1.54, 1.807) is 4.68 Å². The molecule has 0 aliphatic carbocycles. The van der Waals surface area contributed by atoms with Crippen molar-refractivity contribution in [2.24, 2.45) is 7.05 Å². The Hall–Kier alpha value is -2.18. The molecule has 2 heterocycles. The van der Waals surface area contributed by atoms with Crippen LogP contribution in [-0.2, 0) is 17.2 Å². The smallest absolute Gasteiger partial charge is 0.271 e. The Kier molecular flexibility index (Phi) is 5.97. The van der Waals surface area contributed by atoms with Gasteiger partial charge in [-0.15, -0.1) is 0 Å². The summed E-state index contributed by atoms with van der Waals surface area (Å²) in [5.41, 5.74) is 3.86. The molecule has 3 rings (SSSR count). The van der Waals surface area contributed by atoms with Crippen molar-refractivity contribution in [3.05, 3.63) is 41.6 Å². The van der Waals surface area contributed by atoms with Crippen LogP contribution in [0.4, 0.5) is 0 Å². The van der Waals surface area contributed by atoms with Gasteiger partial charge in [0.1, 0.15) is 0 Å². The Morgan fingerprint density at radius 1 is 1.19 bits per heavy atom. The molecule has 1 aliphatic rings. The van der Waals surface area contributed by atoms with Gasteiger partial charge < -0.3 is 10.1 Å². The second-order valence-corrected chi connectivity index (χ2v) is 8.08. The van der Waals surface area contributed by atoms with E-state index < -0.39 is 0 Å². The van der Waals surface area contributed by atoms with Crippen LogP contribution in [0.1, 0.15) is 36.8 Å². The summed E-state index contributed by atoms with van der Waals surface area (Å²) in [5, 5.41) is 7.36. The minimum absolute atomic E-state index is 0.122. The van der Waals surface area contributed by atoms with Crippen LogP contribution in [0.2, 0.25) is 0 Å². The first-order chi connectivity index (χ1) is 12.8. The van der Waals surface area contributed by atoms with Crippen LogP contribution >= 0.6 is 0 Å². The number of benzene rings is 1. The van der Waals surface area contributed by atoms with Crippen LogP contribution in [-0.4, -0.2) is 60.0 Å². The number of amides is 1. The number of hydrogen-bond acceptors (Lipinski definition) is 4. The van der Waals surface area contributed by atoms with Crippen molar-refractivity contribution in [2.45, 2.75) is 26.2 Å². The third kappa shape index (κ3) is 4.96. The molecule has 1 aromatic carbocycles. The standard InChI is InChI=1S/C21H30N4O2/c1-21(2,3)17-7-5-16(6-8-17)19-15-18(23-24(19)4)20(26)22-9-10-25-11-13-27-14-12-25/h5-8,15H,9-14H2,1-4H3,(H,22,26). The number of carbonyl (C=O) groups excluding carboxylic acids is 1. The summed E-state index contributed by atoms with van der Waals surface area (Å²) in [6.07, 6.45) is 0. The molecule has 0 bridgehead atoms. The number of hydrogen-bond donors (Lipinski definition) is 1. The van der Waals surface area contributed by atoms with Crippen LogP contribution in [0.3, 0.4) is 0 Å². The van der Waals surface area contributed by atoms with E-state index in [9.17, 15) is 4.79 Å². The molecule has 0 unspecified atom stereocenters. The molecule has 2 aromatic rings. The first-order valence-electron chi connectivity index (χ1n) is 9.58. The van der Waals surface area contributed by atoms with Gasteiger partial charge >= 0.3 is 0 Å². The zero-order chi connectivity index (χ0) is 19.4. The fraction of sp³-hybridized carbons (Fsp3) is 0.524. The van der Waals surface area contributed by atoms with E-state index in [1.807, 2.05) is 13.1 Å². The Morgan fingerprint density at radius 3 is 2.48 bits per heavy atom. The number of nitrogens with one attached hydrogen (secondary N) is 1. The molecule has 1 aliphatic heterocycles. The van der Waals surface area contributed by atoms with Crippen LogP contribution in [0.15, 0.2) is 30.3 Å². The van der Waals surface area contributed by atoms with E-state index in [2.05, 4.69) is 60.4 Å². The average Bonchev–Trinajstić information content (AvgIpc) is 3.04. The lowest BCUT2D eigenvalue weighted by Crippen LogP contribution is -2.41. The van der Waals surface area contributed by atoms with Gasteiger partial charge in [0.05, 0.1) is 18.9 Å². The summed E-state index contributed by atoms with van der Waals surface area (Å²) >= 11 is 0. The van der Waals surface area contributed by atoms with Gasteiger partial charge in [0.2, 0.25) is 0 Å². The molecule has 0 radical (unpaired) electrons. The fourth-order valence-corrected chi connectivity index (χ4v) is 3.23. The normalized spacial score (nSPS) is 15.7. The lowest BCUT2D eigenvalue weighted by molar-refractivity contribution is 0.0383. The Balaban J connectivity index is 1.62. The molecule has 0 spiro atoms. The summed E-state index contributed by atoms with van der Waals surface area (Å²) < 4.78 is 7.11. The van der Waals surface area contributed by atoms with E-state index in [0.29, 0.717) is 12.2 Å². The number of aromatic nitrogens is 2. The van der Waals surface area contributed by atoms with E-state index >= 15 is 0 Å². The van der Waals surface area contributed by atoms with Gasteiger partial charge in [0.15, 0.2) is 5.69 Å². The van der Waals surface area contributed by atoms with Gasteiger partial charge in [-0.25, -0.2) is 0 Å². The van der Waals surface area contributed by atoms with Crippen molar-refractivity contribution in [2.75, 3.05) is 39.4 Å². The lowest BCUT2D eigenvalue weighted by atomic mass is 9.86. The van der Waals surface area contributed by atoms with Gasteiger partial charge in [-0.3, -0.25) is 14.4 Å². The third-order valence-electron chi connectivity index (χ3n) is 4.98. The quantitative estimate of drug-likeness (QED) is 0.878. The van der Waals surface area contributed by atoms with E-state index in [0.717, 1.165) is 44.1 Å². The van der Waals surface area contributed by atoms with Gasteiger partial charge in [0.25, 0.3) is 5.91 Å². The minimum Gasteiger partial charge on any atom is -0.379 e. The highest BCUT2D eigenvalue weighted by Gasteiger charge is 2.17. The van der Waals surface area contributed by atoms with E-state index in [1.165, 1.54) is 5.56 Å².